The fourth-order valence-electron chi connectivity index (χ4n) is 3.25. The van der Waals surface area contributed by atoms with Crippen LogP contribution in [0.5, 0.6) is 0 Å². The van der Waals surface area contributed by atoms with Crippen molar-refractivity contribution >= 4 is 28.3 Å². The van der Waals surface area contributed by atoms with Crippen molar-refractivity contribution < 1.29 is 9.18 Å². The Labute approximate surface area is 173 Å². The van der Waals surface area contributed by atoms with Gasteiger partial charge >= 0.3 is 0 Å². The molecule has 0 radical (unpaired) electrons. The number of imidazole rings is 1. The van der Waals surface area contributed by atoms with Gasteiger partial charge in [-0.05, 0) is 60.5 Å². The van der Waals surface area contributed by atoms with Gasteiger partial charge in [0, 0.05) is 18.7 Å². The Morgan fingerprint density at radius 1 is 1.03 bits per heavy atom. The number of nitrogens with zero attached hydrogens (tertiary/aromatic N) is 1. The van der Waals surface area contributed by atoms with Crippen molar-refractivity contribution in [3.63, 3.8) is 0 Å². The molecular weight excluding hydrogens is 381 g/mol. The monoisotopic (exact) mass is 403 g/mol. The second-order valence-corrected chi connectivity index (χ2v) is 7.16. The zero-order valence-electron chi connectivity index (χ0n) is 16.5. The van der Waals surface area contributed by atoms with Crippen LogP contribution in [-0.2, 0) is 13.1 Å². The lowest BCUT2D eigenvalue weighted by molar-refractivity contribution is 0.102. The van der Waals surface area contributed by atoms with Gasteiger partial charge in [0.05, 0.1) is 22.4 Å². The number of carbonyl (C=O) groups excluding carboxylic acids is 1. The van der Waals surface area contributed by atoms with Gasteiger partial charge in [0.1, 0.15) is 11.6 Å². The molecular formula is C23H22FN5O. The van der Waals surface area contributed by atoms with Crippen LogP contribution in [0, 0.1) is 12.7 Å². The Bertz CT molecular complexity index is 1200. The van der Waals surface area contributed by atoms with Gasteiger partial charge in [-0.3, -0.25) is 4.79 Å². The lowest BCUT2D eigenvalue weighted by Crippen LogP contribution is -2.15. The van der Waals surface area contributed by atoms with Gasteiger partial charge in [-0.15, -0.1) is 0 Å². The van der Waals surface area contributed by atoms with E-state index >= 15 is 0 Å². The largest absolute Gasteiger partial charge is 0.397 e. The molecule has 1 amide bonds. The van der Waals surface area contributed by atoms with Crippen LogP contribution in [0.25, 0.3) is 11.0 Å². The number of anilines is 2. The summed E-state index contributed by atoms with van der Waals surface area (Å²) in [5.74, 6) is 0.108. The Morgan fingerprint density at radius 2 is 1.77 bits per heavy atom. The van der Waals surface area contributed by atoms with E-state index in [1.165, 1.54) is 18.2 Å². The Balaban J connectivity index is 1.33. The van der Waals surface area contributed by atoms with Crippen LogP contribution < -0.4 is 16.4 Å². The van der Waals surface area contributed by atoms with E-state index in [9.17, 15) is 9.18 Å². The molecule has 3 aromatic carbocycles. The van der Waals surface area contributed by atoms with E-state index in [0.717, 1.165) is 34.5 Å². The van der Waals surface area contributed by atoms with Gasteiger partial charge in [0.25, 0.3) is 5.91 Å². The standard InChI is InChI=1S/C23H22FN5O/c1-14-27-20-9-4-16(10-22(20)28-14)13-26-12-15-2-5-17(6-3-15)23(30)29-21-11-18(24)7-8-19(21)25/h2-11,26H,12-13,25H2,1H3,(H,27,28)(H,29,30). The maximum absolute atomic E-state index is 13.4. The molecule has 0 aliphatic rings. The van der Waals surface area contributed by atoms with E-state index in [4.69, 9.17) is 5.73 Å². The fraction of sp³-hybridized carbons (Fsp3) is 0.130. The molecule has 0 fully saturated rings. The lowest BCUT2D eigenvalue weighted by atomic mass is 10.1. The van der Waals surface area contributed by atoms with Crippen molar-refractivity contribution in [2.24, 2.45) is 0 Å². The summed E-state index contributed by atoms with van der Waals surface area (Å²) in [6.45, 7) is 3.32. The molecule has 0 saturated carbocycles. The number of fused-ring (bicyclic) bond motifs is 1. The smallest absolute Gasteiger partial charge is 0.255 e. The summed E-state index contributed by atoms with van der Waals surface area (Å²) in [6.07, 6.45) is 0. The number of nitrogens with one attached hydrogen (secondary N) is 3. The van der Waals surface area contributed by atoms with Crippen LogP contribution in [0.15, 0.2) is 60.7 Å². The Morgan fingerprint density at radius 3 is 2.57 bits per heavy atom. The van der Waals surface area contributed by atoms with Gasteiger partial charge < -0.3 is 21.4 Å². The van der Waals surface area contributed by atoms with Crippen molar-refractivity contribution in [2.45, 2.75) is 20.0 Å². The maximum Gasteiger partial charge on any atom is 0.255 e. The number of rotatable bonds is 6. The summed E-state index contributed by atoms with van der Waals surface area (Å²) in [4.78, 5) is 20.0. The van der Waals surface area contributed by atoms with E-state index in [1.807, 2.05) is 25.1 Å². The topological polar surface area (TPSA) is 95.8 Å². The molecule has 0 unspecified atom stereocenters. The number of halogens is 1. The Kier molecular flexibility index (Phi) is 5.45. The van der Waals surface area contributed by atoms with E-state index in [0.29, 0.717) is 17.8 Å². The van der Waals surface area contributed by atoms with Crippen molar-refractivity contribution in [1.29, 1.82) is 0 Å². The normalized spacial score (nSPS) is 11.0. The number of nitrogen functional groups attached to an aromatic ring is 1. The number of aromatic amines is 1. The molecule has 30 heavy (non-hydrogen) atoms. The summed E-state index contributed by atoms with van der Waals surface area (Å²) >= 11 is 0. The first kappa shape index (κ1) is 19.6. The number of carbonyl (C=O) groups is 1. The van der Waals surface area contributed by atoms with Crippen molar-refractivity contribution in [3.05, 3.63) is 89.0 Å². The highest BCUT2D eigenvalue weighted by Gasteiger charge is 2.09. The quantitative estimate of drug-likeness (QED) is 0.364. The highest BCUT2D eigenvalue weighted by molar-refractivity contribution is 6.05. The number of amides is 1. The number of hydrogen-bond acceptors (Lipinski definition) is 4. The van der Waals surface area contributed by atoms with Crippen molar-refractivity contribution in [3.8, 4) is 0 Å². The summed E-state index contributed by atoms with van der Waals surface area (Å²) in [5, 5.41) is 6.04. The number of aryl methyl sites for hydroxylation is 1. The van der Waals surface area contributed by atoms with Crippen LogP contribution in [0.4, 0.5) is 15.8 Å². The molecule has 6 nitrogen and oxygen atoms in total. The van der Waals surface area contributed by atoms with Gasteiger partial charge in [-0.1, -0.05) is 18.2 Å². The first-order chi connectivity index (χ1) is 14.5. The minimum absolute atomic E-state index is 0.259. The third kappa shape index (κ3) is 4.47. The average molecular weight is 403 g/mol. The van der Waals surface area contributed by atoms with Crippen molar-refractivity contribution in [1.82, 2.24) is 15.3 Å². The molecule has 7 heteroatoms. The van der Waals surface area contributed by atoms with E-state index in [1.54, 1.807) is 12.1 Å². The highest BCUT2D eigenvalue weighted by atomic mass is 19.1. The maximum atomic E-state index is 13.4. The summed E-state index contributed by atoms with van der Waals surface area (Å²) in [5.41, 5.74) is 11.0. The molecule has 4 aromatic rings. The zero-order chi connectivity index (χ0) is 21.1. The van der Waals surface area contributed by atoms with Crippen molar-refractivity contribution in [2.75, 3.05) is 11.1 Å². The number of H-pyrrole nitrogens is 1. The van der Waals surface area contributed by atoms with Gasteiger partial charge in [0.2, 0.25) is 0 Å². The second-order valence-electron chi connectivity index (χ2n) is 7.16. The van der Waals surface area contributed by atoms with Crippen LogP contribution in [0.1, 0.15) is 27.3 Å². The summed E-state index contributed by atoms with van der Waals surface area (Å²) in [7, 11) is 0. The molecule has 0 saturated heterocycles. The van der Waals surface area contributed by atoms with E-state index in [2.05, 4.69) is 32.7 Å². The number of nitrogens with two attached hydrogens (primary N) is 1. The zero-order valence-corrected chi connectivity index (χ0v) is 16.5. The molecule has 0 atom stereocenters. The van der Waals surface area contributed by atoms with Crippen LogP contribution in [0.2, 0.25) is 0 Å². The molecule has 0 spiro atoms. The van der Waals surface area contributed by atoms with Gasteiger partial charge in [0.15, 0.2) is 0 Å². The minimum atomic E-state index is -0.456. The summed E-state index contributed by atoms with van der Waals surface area (Å²) < 4.78 is 13.4. The third-order valence-corrected chi connectivity index (χ3v) is 4.80. The van der Waals surface area contributed by atoms with E-state index < -0.39 is 5.82 Å². The van der Waals surface area contributed by atoms with Gasteiger partial charge in [-0.2, -0.15) is 0 Å². The molecule has 152 valence electrons. The van der Waals surface area contributed by atoms with E-state index in [-0.39, 0.29) is 11.6 Å². The Hall–Kier alpha value is -3.71. The second kappa shape index (κ2) is 8.34. The number of hydrogen-bond donors (Lipinski definition) is 4. The average Bonchev–Trinajstić information content (AvgIpc) is 3.10. The molecule has 4 rings (SSSR count). The molecule has 0 bridgehead atoms. The molecule has 0 aliphatic heterocycles. The SMILES string of the molecule is Cc1nc2ccc(CNCc3ccc(C(=O)Nc4cc(F)ccc4N)cc3)cc2[nH]1. The third-order valence-electron chi connectivity index (χ3n) is 4.80. The first-order valence-corrected chi connectivity index (χ1v) is 9.59. The fourth-order valence-corrected chi connectivity index (χ4v) is 3.25. The van der Waals surface area contributed by atoms with Crippen LogP contribution >= 0.6 is 0 Å². The van der Waals surface area contributed by atoms with Crippen LogP contribution in [0.3, 0.4) is 0 Å². The van der Waals surface area contributed by atoms with Gasteiger partial charge in [-0.25, -0.2) is 9.37 Å². The first-order valence-electron chi connectivity index (χ1n) is 9.59. The number of aromatic nitrogens is 2. The molecule has 0 aliphatic carbocycles. The minimum Gasteiger partial charge on any atom is -0.397 e. The molecule has 1 heterocycles. The highest BCUT2D eigenvalue weighted by Crippen LogP contribution is 2.20. The van der Waals surface area contributed by atoms with Crippen LogP contribution in [-0.4, -0.2) is 15.9 Å². The molecule has 1 aromatic heterocycles. The predicted octanol–water partition coefficient (Wildman–Crippen LogP) is 4.13. The summed E-state index contributed by atoms with van der Waals surface area (Å²) in [6, 6.07) is 17.3. The predicted molar refractivity (Wildman–Crippen MR) is 117 cm³/mol. The number of benzene rings is 3. The lowest BCUT2D eigenvalue weighted by Gasteiger charge is -2.09. The molecule has 5 N–H and O–H groups in total.